The van der Waals surface area contributed by atoms with Gasteiger partial charge in [-0.25, -0.2) is 0 Å². The number of carbonyl (C=O) groups excluding carboxylic acids is 1. The first-order chi connectivity index (χ1) is 9.63. The summed E-state index contributed by atoms with van der Waals surface area (Å²) in [5.74, 6) is -0.220. The fourth-order valence-electron chi connectivity index (χ4n) is 1.95. The molecule has 0 aliphatic carbocycles. The topological polar surface area (TPSA) is 57.8 Å². The number of hydrogen-bond acceptors (Lipinski definition) is 2. The van der Waals surface area contributed by atoms with Gasteiger partial charge in [-0.2, -0.15) is 0 Å². The maximum Gasteiger partial charge on any atom is 0.272 e. The first kappa shape index (κ1) is 12.7. The van der Waals surface area contributed by atoms with Gasteiger partial charge in [-0.05, 0) is 42.8 Å². The maximum atomic E-state index is 12.2. The minimum atomic E-state index is -0.220. The van der Waals surface area contributed by atoms with Gasteiger partial charge in [0.2, 0.25) is 0 Å². The zero-order chi connectivity index (χ0) is 14.1. The minimum absolute atomic E-state index is 0.220. The molecule has 4 nitrogen and oxygen atoms in total. The number of nitrogens with one attached hydrogen (secondary N) is 2. The molecule has 0 saturated carbocycles. The number of nitrogens with zero attached hydrogens (tertiary/aromatic N) is 1. The summed E-state index contributed by atoms with van der Waals surface area (Å²) in [4.78, 5) is 19.4. The molecule has 0 fully saturated rings. The molecule has 1 amide bonds. The van der Waals surface area contributed by atoms with Gasteiger partial charge in [0, 0.05) is 16.9 Å². The highest BCUT2D eigenvalue weighted by Crippen LogP contribution is 2.21. The first-order valence-corrected chi connectivity index (χ1v) is 6.52. The van der Waals surface area contributed by atoms with Crippen molar-refractivity contribution in [2.75, 3.05) is 5.32 Å². The molecule has 20 heavy (non-hydrogen) atoms. The van der Waals surface area contributed by atoms with E-state index in [1.165, 1.54) is 0 Å². The van der Waals surface area contributed by atoms with E-state index in [9.17, 15) is 4.79 Å². The van der Waals surface area contributed by atoms with E-state index in [0.717, 1.165) is 16.6 Å². The lowest BCUT2D eigenvalue weighted by Crippen LogP contribution is -2.12. The Morgan fingerprint density at radius 3 is 2.90 bits per heavy atom. The Bertz CT molecular complexity index is 762. The van der Waals surface area contributed by atoms with Crippen LogP contribution in [0.4, 0.5) is 5.69 Å². The van der Waals surface area contributed by atoms with Crippen LogP contribution in [0, 0.1) is 6.92 Å². The number of halogens is 1. The van der Waals surface area contributed by atoms with E-state index < -0.39 is 0 Å². The summed E-state index contributed by atoms with van der Waals surface area (Å²) in [6.45, 7) is 1.91. The Morgan fingerprint density at radius 1 is 1.30 bits per heavy atom. The van der Waals surface area contributed by atoms with Crippen molar-refractivity contribution in [3.63, 3.8) is 0 Å². The van der Waals surface area contributed by atoms with Crippen LogP contribution in [0.2, 0.25) is 5.02 Å². The first-order valence-electron chi connectivity index (χ1n) is 6.15. The number of benzene rings is 1. The number of aromatic amines is 1. The van der Waals surface area contributed by atoms with Crippen LogP contribution < -0.4 is 5.32 Å². The summed E-state index contributed by atoms with van der Waals surface area (Å²) in [6, 6.07) is 10.8. The van der Waals surface area contributed by atoms with E-state index in [2.05, 4.69) is 15.3 Å². The molecular formula is C15H12ClN3O. The van der Waals surface area contributed by atoms with Crippen LogP contribution in [0.25, 0.3) is 11.0 Å². The normalized spacial score (nSPS) is 10.7. The lowest BCUT2D eigenvalue weighted by molar-refractivity contribution is 0.102. The van der Waals surface area contributed by atoms with E-state index >= 15 is 0 Å². The highest BCUT2D eigenvalue weighted by atomic mass is 35.5. The number of amides is 1. The van der Waals surface area contributed by atoms with Crippen molar-refractivity contribution in [2.45, 2.75) is 6.92 Å². The van der Waals surface area contributed by atoms with Crippen LogP contribution in [0.1, 0.15) is 16.1 Å². The molecule has 2 aromatic heterocycles. The van der Waals surface area contributed by atoms with Gasteiger partial charge < -0.3 is 10.3 Å². The third kappa shape index (κ3) is 2.38. The highest BCUT2D eigenvalue weighted by Gasteiger charge is 2.10. The van der Waals surface area contributed by atoms with Crippen LogP contribution in [-0.2, 0) is 0 Å². The Morgan fingerprint density at radius 2 is 2.15 bits per heavy atom. The van der Waals surface area contributed by atoms with Gasteiger partial charge >= 0.3 is 0 Å². The summed E-state index contributed by atoms with van der Waals surface area (Å²) in [7, 11) is 0. The van der Waals surface area contributed by atoms with Crippen molar-refractivity contribution < 1.29 is 4.79 Å². The minimum Gasteiger partial charge on any atom is -0.349 e. The van der Waals surface area contributed by atoms with Crippen molar-refractivity contribution in [3.8, 4) is 0 Å². The number of carbonyl (C=O) groups is 1. The van der Waals surface area contributed by atoms with Crippen LogP contribution in [0.5, 0.6) is 0 Å². The molecule has 100 valence electrons. The van der Waals surface area contributed by atoms with Crippen LogP contribution in [-0.4, -0.2) is 15.9 Å². The smallest absolute Gasteiger partial charge is 0.272 e. The third-order valence-electron chi connectivity index (χ3n) is 3.06. The molecule has 3 aromatic rings. The lowest BCUT2D eigenvalue weighted by atomic mass is 10.2. The van der Waals surface area contributed by atoms with Crippen LogP contribution >= 0.6 is 11.6 Å². The molecule has 2 N–H and O–H groups in total. The van der Waals surface area contributed by atoms with Gasteiger partial charge in [0.15, 0.2) is 0 Å². The number of aryl methyl sites for hydroxylation is 1. The zero-order valence-electron chi connectivity index (χ0n) is 10.8. The van der Waals surface area contributed by atoms with Gasteiger partial charge in [0.25, 0.3) is 5.91 Å². The fraction of sp³-hybridized carbons (Fsp3) is 0.0667. The molecule has 0 aliphatic rings. The summed E-state index contributed by atoms with van der Waals surface area (Å²) in [5.41, 5.74) is 3.70. The highest BCUT2D eigenvalue weighted by molar-refractivity contribution is 6.31. The van der Waals surface area contributed by atoms with Crippen LogP contribution in [0.15, 0.2) is 42.6 Å². The molecule has 0 unspecified atom stereocenters. The molecule has 5 heteroatoms. The SMILES string of the molecule is Cc1ccc(NC(=O)c2cc3ncccc3[nH]2)cc1Cl. The number of pyridine rings is 1. The molecule has 0 atom stereocenters. The quantitative estimate of drug-likeness (QED) is 0.753. The molecule has 3 rings (SSSR count). The Kier molecular flexibility index (Phi) is 3.16. The van der Waals surface area contributed by atoms with Gasteiger partial charge in [-0.15, -0.1) is 0 Å². The molecule has 0 bridgehead atoms. The summed E-state index contributed by atoms with van der Waals surface area (Å²) in [6.07, 6.45) is 1.69. The fourth-order valence-corrected chi connectivity index (χ4v) is 2.13. The second kappa shape index (κ2) is 4.98. The van der Waals surface area contributed by atoms with Gasteiger partial charge in [0.1, 0.15) is 5.69 Å². The summed E-state index contributed by atoms with van der Waals surface area (Å²) >= 11 is 6.04. The zero-order valence-corrected chi connectivity index (χ0v) is 11.5. The van der Waals surface area contributed by atoms with E-state index in [1.54, 1.807) is 18.3 Å². The van der Waals surface area contributed by atoms with E-state index in [1.807, 2.05) is 31.2 Å². The van der Waals surface area contributed by atoms with E-state index in [4.69, 9.17) is 11.6 Å². The van der Waals surface area contributed by atoms with Crippen LogP contribution in [0.3, 0.4) is 0 Å². The molecule has 1 aromatic carbocycles. The molecule has 0 aliphatic heterocycles. The lowest BCUT2D eigenvalue weighted by Gasteiger charge is -2.05. The largest absolute Gasteiger partial charge is 0.349 e. The van der Waals surface area contributed by atoms with Crippen molar-refractivity contribution in [1.82, 2.24) is 9.97 Å². The molecule has 0 radical (unpaired) electrons. The van der Waals surface area contributed by atoms with E-state index in [0.29, 0.717) is 16.4 Å². The Hall–Kier alpha value is -2.33. The van der Waals surface area contributed by atoms with Gasteiger partial charge in [0.05, 0.1) is 11.0 Å². The number of fused-ring (bicyclic) bond motifs is 1. The summed E-state index contributed by atoms with van der Waals surface area (Å²) < 4.78 is 0. The predicted octanol–water partition coefficient (Wildman–Crippen LogP) is 3.78. The average molecular weight is 286 g/mol. The predicted molar refractivity (Wildman–Crippen MR) is 80.2 cm³/mol. The maximum absolute atomic E-state index is 12.2. The number of rotatable bonds is 2. The number of hydrogen-bond donors (Lipinski definition) is 2. The second-order valence-electron chi connectivity index (χ2n) is 4.54. The van der Waals surface area contributed by atoms with Gasteiger partial charge in [-0.3, -0.25) is 9.78 Å². The standard InChI is InChI=1S/C15H12ClN3O/c1-9-4-5-10(7-11(9)16)18-15(20)14-8-13-12(19-14)3-2-6-17-13/h2-8,19H,1H3,(H,18,20). The molecule has 0 spiro atoms. The van der Waals surface area contributed by atoms with Crippen molar-refractivity contribution >= 4 is 34.2 Å². The molecule has 0 saturated heterocycles. The van der Waals surface area contributed by atoms with Crippen molar-refractivity contribution in [1.29, 1.82) is 0 Å². The van der Waals surface area contributed by atoms with Crippen molar-refractivity contribution in [3.05, 3.63) is 58.9 Å². The van der Waals surface area contributed by atoms with Gasteiger partial charge in [-0.1, -0.05) is 17.7 Å². The number of anilines is 1. The monoisotopic (exact) mass is 285 g/mol. The molecular weight excluding hydrogens is 274 g/mol. The Labute approximate surface area is 120 Å². The number of H-pyrrole nitrogens is 1. The molecule has 2 heterocycles. The second-order valence-corrected chi connectivity index (χ2v) is 4.94. The summed E-state index contributed by atoms with van der Waals surface area (Å²) in [5, 5.41) is 3.43. The number of aromatic nitrogens is 2. The third-order valence-corrected chi connectivity index (χ3v) is 3.47. The Balaban J connectivity index is 1.86. The van der Waals surface area contributed by atoms with Crippen molar-refractivity contribution in [2.24, 2.45) is 0 Å². The van der Waals surface area contributed by atoms with E-state index in [-0.39, 0.29) is 5.91 Å². The average Bonchev–Trinajstić information content (AvgIpc) is 2.87.